The van der Waals surface area contributed by atoms with Gasteiger partial charge in [-0.1, -0.05) is 31.5 Å². The molecule has 0 aliphatic carbocycles. The van der Waals surface area contributed by atoms with Gasteiger partial charge in [0, 0.05) is 10.7 Å². The van der Waals surface area contributed by atoms with Crippen molar-refractivity contribution >= 4 is 35.6 Å². The summed E-state index contributed by atoms with van der Waals surface area (Å²) in [6, 6.07) is 4.94. The highest BCUT2D eigenvalue weighted by atomic mass is 35.5. The number of rotatable bonds is 4. The number of amides is 1. The second-order valence-electron chi connectivity index (χ2n) is 4.64. The topological polar surface area (TPSA) is 55.1 Å². The van der Waals surface area contributed by atoms with Crippen LogP contribution in [0.3, 0.4) is 0 Å². The minimum absolute atomic E-state index is 0. The van der Waals surface area contributed by atoms with Crippen molar-refractivity contribution in [1.82, 2.24) is 0 Å². The number of benzene rings is 1. The van der Waals surface area contributed by atoms with Crippen molar-refractivity contribution in [2.24, 2.45) is 11.7 Å². The summed E-state index contributed by atoms with van der Waals surface area (Å²) < 4.78 is 0. The van der Waals surface area contributed by atoms with E-state index in [2.05, 4.69) is 5.32 Å². The van der Waals surface area contributed by atoms with E-state index < -0.39 is 6.04 Å². The van der Waals surface area contributed by atoms with Crippen molar-refractivity contribution in [3.63, 3.8) is 0 Å². The standard InChI is InChI=1S/C13H19ClN2O.ClH/c1-8(2)7-11(15)13(17)16-12-6-4-5-10(14)9(12)3;/h4-6,8,11H,7,15H2,1-3H3,(H,16,17);1H/t11-;/m0./s1. The van der Waals surface area contributed by atoms with Gasteiger partial charge in [0.05, 0.1) is 6.04 Å². The molecule has 1 rings (SSSR count). The Morgan fingerprint density at radius 3 is 2.61 bits per heavy atom. The second-order valence-corrected chi connectivity index (χ2v) is 5.04. The summed E-state index contributed by atoms with van der Waals surface area (Å²) in [5, 5.41) is 3.45. The molecular formula is C13H20Cl2N2O. The van der Waals surface area contributed by atoms with Gasteiger partial charge in [-0.3, -0.25) is 4.79 Å². The molecule has 1 aromatic rings. The maximum absolute atomic E-state index is 11.8. The highest BCUT2D eigenvalue weighted by Gasteiger charge is 2.16. The monoisotopic (exact) mass is 290 g/mol. The molecule has 1 atom stereocenters. The summed E-state index contributed by atoms with van der Waals surface area (Å²) in [7, 11) is 0. The average molecular weight is 291 g/mol. The van der Waals surface area contributed by atoms with Gasteiger partial charge in [-0.2, -0.15) is 0 Å². The summed E-state index contributed by atoms with van der Waals surface area (Å²) in [6.07, 6.45) is 0.672. The van der Waals surface area contributed by atoms with Crippen LogP contribution in [-0.2, 0) is 4.79 Å². The van der Waals surface area contributed by atoms with Crippen molar-refractivity contribution in [2.45, 2.75) is 33.2 Å². The maximum atomic E-state index is 11.8. The Hall–Kier alpha value is -0.770. The average Bonchev–Trinajstić information content (AvgIpc) is 2.23. The van der Waals surface area contributed by atoms with Crippen molar-refractivity contribution in [3.8, 4) is 0 Å². The van der Waals surface area contributed by atoms with Gasteiger partial charge in [0.25, 0.3) is 0 Å². The molecule has 0 unspecified atom stereocenters. The van der Waals surface area contributed by atoms with E-state index >= 15 is 0 Å². The van der Waals surface area contributed by atoms with Gasteiger partial charge in [0.1, 0.15) is 0 Å². The third kappa shape index (κ3) is 4.84. The van der Waals surface area contributed by atoms with Crippen LogP contribution >= 0.6 is 24.0 Å². The molecule has 0 aromatic heterocycles. The zero-order valence-electron chi connectivity index (χ0n) is 10.9. The van der Waals surface area contributed by atoms with E-state index in [4.69, 9.17) is 17.3 Å². The van der Waals surface area contributed by atoms with E-state index in [0.29, 0.717) is 17.4 Å². The van der Waals surface area contributed by atoms with Gasteiger partial charge in [-0.15, -0.1) is 12.4 Å². The molecule has 18 heavy (non-hydrogen) atoms. The molecule has 0 saturated carbocycles. The number of carbonyl (C=O) groups excluding carboxylic acids is 1. The van der Waals surface area contributed by atoms with Gasteiger partial charge in [-0.25, -0.2) is 0 Å². The quantitative estimate of drug-likeness (QED) is 0.893. The lowest BCUT2D eigenvalue weighted by Crippen LogP contribution is -2.36. The first kappa shape index (κ1) is 17.2. The van der Waals surface area contributed by atoms with E-state index in [1.807, 2.05) is 26.8 Å². The first-order valence-corrected chi connectivity index (χ1v) is 6.11. The first-order chi connectivity index (χ1) is 7.91. The molecular weight excluding hydrogens is 271 g/mol. The third-order valence-corrected chi connectivity index (χ3v) is 3.00. The minimum atomic E-state index is -0.478. The van der Waals surface area contributed by atoms with Crippen molar-refractivity contribution in [3.05, 3.63) is 28.8 Å². The molecule has 1 amide bonds. The fraction of sp³-hybridized carbons (Fsp3) is 0.462. The molecule has 0 aliphatic heterocycles. The molecule has 102 valence electrons. The highest BCUT2D eigenvalue weighted by molar-refractivity contribution is 6.31. The largest absolute Gasteiger partial charge is 0.324 e. The normalized spacial score (nSPS) is 11.9. The summed E-state index contributed by atoms with van der Waals surface area (Å²) in [4.78, 5) is 11.8. The molecule has 0 heterocycles. The van der Waals surface area contributed by atoms with Crippen LogP contribution in [0, 0.1) is 12.8 Å². The Morgan fingerprint density at radius 1 is 1.44 bits per heavy atom. The number of halogens is 2. The van der Waals surface area contributed by atoms with Gasteiger partial charge < -0.3 is 11.1 Å². The Morgan fingerprint density at radius 2 is 2.06 bits per heavy atom. The lowest BCUT2D eigenvalue weighted by molar-refractivity contribution is -0.117. The summed E-state index contributed by atoms with van der Waals surface area (Å²) >= 11 is 5.98. The molecule has 1 aromatic carbocycles. The number of anilines is 1. The second kappa shape index (κ2) is 7.62. The molecule has 0 fully saturated rings. The zero-order valence-corrected chi connectivity index (χ0v) is 12.4. The van der Waals surface area contributed by atoms with Crippen LogP contribution in [0.2, 0.25) is 5.02 Å². The van der Waals surface area contributed by atoms with Crippen LogP contribution in [0.4, 0.5) is 5.69 Å². The molecule has 0 radical (unpaired) electrons. The van der Waals surface area contributed by atoms with Crippen LogP contribution in [0.5, 0.6) is 0 Å². The number of hydrogen-bond donors (Lipinski definition) is 2. The number of carbonyl (C=O) groups is 1. The lowest BCUT2D eigenvalue weighted by atomic mass is 10.0. The van der Waals surface area contributed by atoms with E-state index in [1.165, 1.54) is 0 Å². The third-order valence-electron chi connectivity index (χ3n) is 2.59. The minimum Gasteiger partial charge on any atom is -0.324 e. The number of nitrogens with one attached hydrogen (secondary N) is 1. The van der Waals surface area contributed by atoms with Crippen LogP contribution < -0.4 is 11.1 Å². The van der Waals surface area contributed by atoms with Crippen molar-refractivity contribution < 1.29 is 4.79 Å². The Balaban J connectivity index is 0.00000289. The maximum Gasteiger partial charge on any atom is 0.241 e. The first-order valence-electron chi connectivity index (χ1n) is 5.73. The van der Waals surface area contributed by atoms with E-state index in [-0.39, 0.29) is 18.3 Å². The van der Waals surface area contributed by atoms with Gasteiger partial charge in [-0.05, 0) is 37.0 Å². The van der Waals surface area contributed by atoms with Crippen LogP contribution in [0.25, 0.3) is 0 Å². The van der Waals surface area contributed by atoms with Crippen LogP contribution in [0.15, 0.2) is 18.2 Å². The summed E-state index contributed by atoms with van der Waals surface area (Å²) in [6.45, 7) is 5.95. The smallest absolute Gasteiger partial charge is 0.241 e. The molecule has 0 spiro atoms. The predicted molar refractivity (Wildman–Crippen MR) is 79.5 cm³/mol. The Kier molecular flexibility index (Phi) is 7.29. The number of nitrogens with two attached hydrogens (primary N) is 1. The van der Waals surface area contributed by atoms with E-state index in [9.17, 15) is 4.79 Å². The molecule has 0 aliphatic rings. The Bertz CT molecular complexity index is 408. The van der Waals surface area contributed by atoms with E-state index in [1.54, 1.807) is 12.1 Å². The fourth-order valence-corrected chi connectivity index (χ4v) is 1.76. The Labute approximate surface area is 119 Å². The van der Waals surface area contributed by atoms with Gasteiger partial charge in [0.15, 0.2) is 0 Å². The molecule has 0 saturated heterocycles. The number of hydrogen-bond acceptors (Lipinski definition) is 2. The SMILES string of the molecule is Cc1c(Cl)cccc1NC(=O)[C@@H](N)CC(C)C.Cl. The molecule has 5 heteroatoms. The van der Waals surface area contributed by atoms with Crippen molar-refractivity contribution in [1.29, 1.82) is 0 Å². The van der Waals surface area contributed by atoms with Crippen LogP contribution in [0.1, 0.15) is 25.8 Å². The fourth-order valence-electron chi connectivity index (χ4n) is 1.58. The van der Waals surface area contributed by atoms with Crippen LogP contribution in [-0.4, -0.2) is 11.9 Å². The predicted octanol–water partition coefficient (Wildman–Crippen LogP) is 3.38. The molecule has 3 nitrogen and oxygen atoms in total. The molecule has 0 bridgehead atoms. The highest BCUT2D eigenvalue weighted by Crippen LogP contribution is 2.23. The zero-order chi connectivity index (χ0) is 13.0. The van der Waals surface area contributed by atoms with Gasteiger partial charge in [0.2, 0.25) is 5.91 Å². The summed E-state index contributed by atoms with van der Waals surface area (Å²) in [5.41, 5.74) is 7.39. The lowest BCUT2D eigenvalue weighted by Gasteiger charge is -2.15. The van der Waals surface area contributed by atoms with E-state index in [0.717, 1.165) is 11.3 Å². The van der Waals surface area contributed by atoms with Gasteiger partial charge >= 0.3 is 0 Å². The summed E-state index contributed by atoms with van der Waals surface area (Å²) in [5.74, 6) is 0.236. The van der Waals surface area contributed by atoms with Crippen molar-refractivity contribution in [2.75, 3.05) is 5.32 Å². The molecule has 3 N–H and O–H groups in total.